The monoisotopic (exact) mass is 334 g/mol. The predicted molar refractivity (Wildman–Crippen MR) is 97.2 cm³/mol. The van der Waals surface area contributed by atoms with Crippen LogP contribution in [0.1, 0.15) is 58.3 Å². The molecule has 0 saturated carbocycles. The molecule has 5 heteroatoms. The Morgan fingerprint density at radius 1 is 1.17 bits per heavy atom. The lowest BCUT2D eigenvalue weighted by molar-refractivity contribution is -0.144. The molecule has 1 aromatic carbocycles. The number of rotatable bonds is 7. The molecule has 2 N–H and O–H groups in total. The minimum atomic E-state index is -0.478. The number of esters is 1. The van der Waals surface area contributed by atoms with Crippen molar-refractivity contribution in [3.8, 4) is 0 Å². The van der Waals surface area contributed by atoms with E-state index in [9.17, 15) is 9.59 Å². The first-order valence-corrected chi connectivity index (χ1v) is 8.48. The second-order valence-electron chi connectivity index (χ2n) is 7.33. The average molecular weight is 334 g/mol. The highest BCUT2D eigenvalue weighted by Crippen LogP contribution is 2.20. The first-order chi connectivity index (χ1) is 11.1. The zero-order chi connectivity index (χ0) is 18.3. The fourth-order valence-corrected chi connectivity index (χ4v) is 2.33. The maximum atomic E-state index is 12.5. The number of hydrogen-bond donors (Lipinski definition) is 2. The quantitative estimate of drug-likeness (QED) is 0.748. The summed E-state index contributed by atoms with van der Waals surface area (Å²) in [4.78, 5) is 24.7. The fraction of sp³-hybridized carbons (Fsp3) is 0.579. The molecular formula is C19H30N2O3. The van der Waals surface area contributed by atoms with Gasteiger partial charge in [-0.15, -0.1) is 0 Å². The van der Waals surface area contributed by atoms with Crippen LogP contribution in [0.15, 0.2) is 24.3 Å². The van der Waals surface area contributed by atoms with Gasteiger partial charge in [-0.05, 0) is 52.2 Å². The maximum absolute atomic E-state index is 12.5. The molecule has 0 aromatic heterocycles. The van der Waals surface area contributed by atoms with Crippen molar-refractivity contribution < 1.29 is 14.3 Å². The summed E-state index contributed by atoms with van der Waals surface area (Å²) in [6, 6.07) is 6.73. The fourth-order valence-electron chi connectivity index (χ4n) is 2.33. The molecule has 0 heterocycles. The Bertz CT molecular complexity index is 562. The summed E-state index contributed by atoms with van der Waals surface area (Å²) in [5.41, 5.74) is 0.825. The van der Waals surface area contributed by atoms with E-state index in [0.29, 0.717) is 30.2 Å². The van der Waals surface area contributed by atoms with Crippen molar-refractivity contribution in [3.05, 3.63) is 29.8 Å². The number of carbonyl (C=O) groups excluding carboxylic acids is 2. The minimum absolute atomic E-state index is 0.169. The SMILES string of the molecule is CCOC(=O)[C@H](CC(C)C)Nc1ccccc1C(=O)NC(C)(C)C. The molecule has 0 saturated heterocycles. The van der Waals surface area contributed by atoms with Crippen molar-refractivity contribution >= 4 is 17.6 Å². The van der Waals surface area contributed by atoms with Gasteiger partial charge in [0.2, 0.25) is 0 Å². The van der Waals surface area contributed by atoms with E-state index in [2.05, 4.69) is 10.6 Å². The molecule has 0 aliphatic rings. The molecule has 0 aliphatic carbocycles. The molecule has 24 heavy (non-hydrogen) atoms. The van der Waals surface area contributed by atoms with Gasteiger partial charge in [0.25, 0.3) is 5.91 Å². The highest BCUT2D eigenvalue weighted by Gasteiger charge is 2.24. The van der Waals surface area contributed by atoms with E-state index in [1.54, 1.807) is 13.0 Å². The second-order valence-corrected chi connectivity index (χ2v) is 7.33. The molecule has 0 bridgehead atoms. The summed E-state index contributed by atoms with van der Waals surface area (Å²) in [6.45, 7) is 12.0. The van der Waals surface area contributed by atoms with Crippen molar-refractivity contribution in [3.63, 3.8) is 0 Å². The van der Waals surface area contributed by atoms with Gasteiger partial charge < -0.3 is 15.4 Å². The Morgan fingerprint density at radius 2 is 1.79 bits per heavy atom. The van der Waals surface area contributed by atoms with Crippen molar-refractivity contribution in [2.45, 2.75) is 59.5 Å². The van der Waals surface area contributed by atoms with Crippen LogP contribution in [0.4, 0.5) is 5.69 Å². The number of hydrogen-bond acceptors (Lipinski definition) is 4. The minimum Gasteiger partial charge on any atom is -0.464 e. The lowest BCUT2D eigenvalue weighted by atomic mass is 10.0. The van der Waals surface area contributed by atoms with Gasteiger partial charge in [-0.3, -0.25) is 4.79 Å². The molecule has 0 spiro atoms. The third kappa shape index (κ3) is 6.60. The van der Waals surface area contributed by atoms with Crippen LogP contribution >= 0.6 is 0 Å². The van der Waals surface area contributed by atoms with Gasteiger partial charge in [0, 0.05) is 11.2 Å². The summed E-state index contributed by atoms with van der Waals surface area (Å²) in [7, 11) is 0. The largest absolute Gasteiger partial charge is 0.464 e. The summed E-state index contributed by atoms with van der Waals surface area (Å²) in [5, 5.41) is 6.14. The molecule has 1 atom stereocenters. The second kappa shape index (κ2) is 8.71. The van der Waals surface area contributed by atoms with E-state index >= 15 is 0 Å². The maximum Gasteiger partial charge on any atom is 0.328 e. The number of para-hydroxylation sites is 1. The molecule has 1 aromatic rings. The average Bonchev–Trinajstić information content (AvgIpc) is 2.45. The zero-order valence-corrected chi connectivity index (χ0v) is 15.6. The summed E-state index contributed by atoms with van der Waals surface area (Å²) < 4.78 is 5.16. The summed E-state index contributed by atoms with van der Waals surface area (Å²) >= 11 is 0. The molecule has 5 nitrogen and oxygen atoms in total. The van der Waals surface area contributed by atoms with Crippen LogP contribution in [0.25, 0.3) is 0 Å². The number of nitrogens with one attached hydrogen (secondary N) is 2. The van der Waals surface area contributed by atoms with Gasteiger partial charge in [-0.1, -0.05) is 26.0 Å². The lowest BCUT2D eigenvalue weighted by Gasteiger charge is -2.24. The molecular weight excluding hydrogens is 304 g/mol. The number of anilines is 1. The molecule has 0 fully saturated rings. The van der Waals surface area contributed by atoms with Crippen LogP contribution in [-0.2, 0) is 9.53 Å². The van der Waals surface area contributed by atoms with Gasteiger partial charge in [0.15, 0.2) is 0 Å². The number of amides is 1. The van der Waals surface area contributed by atoms with E-state index in [4.69, 9.17) is 4.74 Å². The first kappa shape index (κ1) is 20.0. The van der Waals surface area contributed by atoms with Crippen molar-refractivity contribution in [2.75, 3.05) is 11.9 Å². The third-order valence-corrected chi connectivity index (χ3v) is 3.27. The van der Waals surface area contributed by atoms with E-state index in [1.165, 1.54) is 0 Å². The van der Waals surface area contributed by atoms with Gasteiger partial charge >= 0.3 is 5.97 Å². The summed E-state index contributed by atoms with van der Waals surface area (Å²) in [5.74, 6) is -0.141. The summed E-state index contributed by atoms with van der Waals surface area (Å²) in [6.07, 6.45) is 0.633. The number of ether oxygens (including phenoxy) is 1. The van der Waals surface area contributed by atoms with E-state index in [-0.39, 0.29) is 17.4 Å². The van der Waals surface area contributed by atoms with Crippen LogP contribution in [0.3, 0.4) is 0 Å². The van der Waals surface area contributed by atoms with Gasteiger partial charge in [0.1, 0.15) is 6.04 Å². The molecule has 1 rings (SSSR count). The Balaban J connectivity index is 3.03. The van der Waals surface area contributed by atoms with Crippen molar-refractivity contribution in [1.29, 1.82) is 0 Å². The van der Waals surface area contributed by atoms with Crippen LogP contribution < -0.4 is 10.6 Å². The van der Waals surface area contributed by atoms with E-state index < -0.39 is 6.04 Å². The highest BCUT2D eigenvalue weighted by molar-refractivity contribution is 6.00. The standard InChI is InChI=1S/C19H30N2O3/c1-7-24-18(23)16(12-13(2)3)20-15-11-9-8-10-14(15)17(22)21-19(4,5)6/h8-11,13,16,20H,7,12H2,1-6H3,(H,21,22)/t16-/m0/s1. The Labute approximate surface area is 145 Å². The zero-order valence-electron chi connectivity index (χ0n) is 15.6. The van der Waals surface area contributed by atoms with E-state index in [0.717, 1.165) is 0 Å². The van der Waals surface area contributed by atoms with Crippen molar-refractivity contribution in [1.82, 2.24) is 5.32 Å². The van der Waals surface area contributed by atoms with Crippen LogP contribution in [0.5, 0.6) is 0 Å². The molecule has 134 valence electrons. The lowest BCUT2D eigenvalue weighted by Crippen LogP contribution is -2.41. The Morgan fingerprint density at radius 3 is 2.33 bits per heavy atom. The van der Waals surface area contributed by atoms with Gasteiger partial charge in [0.05, 0.1) is 12.2 Å². The third-order valence-electron chi connectivity index (χ3n) is 3.27. The Kier molecular flexibility index (Phi) is 7.26. The van der Waals surface area contributed by atoms with Crippen LogP contribution in [0, 0.1) is 5.92 Å². The smallest absolute Gasteiger partial charge is 0.328 e. The number of benzene rings is 1. The van der Waals surface area contributed by atoms with Gasteiger partial charge in [-0.25, -0.2) is 4.79 Å². The molecule has 0 unspecified atom stereocenters. The van der Waals surface area contributed by atoms with Crippen LogP contribution in [-0.4, -0.2) is 30.1 Å². The van der Waals surface area contributed by atoms with Crippen molar-refractivity contribution in [2.24, 2.45) is 5.92 Å². The molecule has 1 amide bonds. The molecule has 0 radical (unpaired) electrons. The molecule has 0 aliphatic heterocycles. The van der Waals surface area contributed by atoms with E-state index in [1.807, 2.05) is 52.8 Å². The van der Waals surface area contributed by atoms with Gasteiger partial charge in [-0.2, -0.15) is 0 Å². The highest BCUT2D eigenvalue weighted by atomic mass is 16.5. The van der Waals surface area contributed by atoms with Crippen LogP contribution in [0.2, 0.25) is 0 Å². The number of carbonyl (C=O) groups is 2. The Hall–Kier alpha value is -2.04. The normalized spacial score (nSPS) is 12.6. The first-order valence-electron chi connectivity index (χ1n) is 8.48. The topological polar surface area (TPSA) is 67.4 Å². The predicted octanol–water partition coefficient (Wildman–Crippen LogP) is 3.60.